The second-order valence-corrected chi connectivity index (χ2v) is 7.17. The summed E-state index contributed by atoms with van der Waals surface area (Å²) in [7, 11) is 0. The van der Waals surface area contributed by atoms with Crippen molar-refractivity contribution in [3.8, 4) is 0 Å². The average Bonchev–Trinajstić information content (AvgIpc) is 3.20. The zero-order valence-corrected chi connectivity index (χ0v) is 16.0. The number of aromatic amines is 1. The summed E-state index contributed by atoms with van der Waals surface area (Å²) in [5.74, 6) is -0.438. The number of carbonyl (C=O) groups is 2. The number of rotatable bonds is 5. The maximum absolute atomic E-state index is 13.1. The zero-order valence-electron chi connectivity index (χ0n) is 16.0. The van der Waals surface area contributed by atoms with Crippen LogP contribution in [0.4, 0.5) is 15.8 Å². The molecule has 4 rings (SSSR count). The van der Waals surface area contributed by atoms with Crippen LogP contribution in [0.15, 0.2) is 54.7 Å². The molecule has 2 N–H and O–H groups in total. The van der Waals surface area contributed by atoms with E-state index < -0.39 is 0 Å². The minimum atomic E-state index is -0.256. The van der Waals surface area contributed by atoms with E-state index in [9.17, 15) is 14.0 Å². The first-order valence-corrected chi connectivity index (χ1v) is 9.74. The minimum Gasteiger partial charge on any atom is -0.368 e. The van der Waals surface area contributed by atoms with Crippen LogP contribution in [0.2, 0.25) is 0 Å². The molecule has 150 valence electrons. The van der Waals surface area contributed by atoms with E-state index in [0.29, 0.717) is 26.2 Å². The molecular formula is C22H23FN4O2. The van der Waals surface area contributed by atoms with E-state index in [4.69, 9.17) is 0 Å². The molecule has 29 heavy (non-hydrogen) atoms. The number of anilines is 2. The lowest BCUT2D eigenvalue weighted by atomic mass is 10.2. The lowest BCUT2D eigenvalue weighted by Crippen LogP contribution is -2.48. The van der Waals surface area contributed by atoms with Crippen molar-refractivity contribution in [2.75, 3.05) is 36.4 Å². The molecule has 1 fully saturated rings. The molecule has 2 aromatic carbocycles. The van der Waals surface area contributed by atoms with Gasteiger partial charge in [0.1, 0.15) is 5.82 Å². The van der Waals surface area contributed by atoms with Gasteiger partial charge in [0.15, 0.2) is 0 Å². The van der Waals surface area contributed by atoms with Crippen molar-refractivity contribution in [1.82, 2.24) is 9.88 Å². The Kier molecular flexibility index (Phi) is 5.46. The number of hydrogen-bond donors (Lipinski definition) is 2. The molecule has 0 radical (unpaired) electrons. The molecule has 2 heterocycles. The van der Waals surface area contributed by atoms with Gasteiger partial charge in [0.25, 0.3) is 0 Å². The van der Waals surface area contributed by atoms with Gasteiger partial charge < -0.3 is 20.1 Å². The van der Waals surface area contributed by atoms with Crippen LogP contribution in [0, 0.1) is 5.82 Å². The topological polar surface area (TPSA) is 68.4 Å². The Morgan fingerprint density at radius 3 is 2.48 bits per heavy atom. The number of nitrogens with zero attached hydrogens (tertiary/aromatic N) is 2. The number of carbonyl (C=O) groups excluding carboxylic acids is 2. The van der Waals surface area contributed by atoms with Crippen LogP contribution in [0.1, 0.15) is 12.8 Å². The van der Waals surface area contributed by atoms with Crippen LogP contribution in [-0.2, 0) is 9.59 Å². The van der Waals surface area contributed by atoms with Gasteiger partial charge in [-0.2, -0.15) is 0 Å². The van der Waals surface area contributed by atoms with Crippen LogP contribution in [0.3, 0.4) is 0 Å². The van der Waals surface area contributed by atoms with E-state index in [-0.39, 0.29) is 30.5 Å². The van der Waals surface area contributed by atoms with Gasteiger partial charge in [0.2, 0.25) is 11.8 Å². The van der Waals surface area contributed by atoms with E-state index in [1.165, 1.54) is 12.1 Å². The van der Waals surface area contributed by atoms with Crippen molar-refractivity contribution < 1.29 is 14.0 Å². The number of fused-ring (bicyclic) bond motifs is 1. The van der Waals surface area contributed by atoms with Crippen LogP contribution in [0.5, 0.6) is 0 Å². The summed E-state index contributed by atoms with van der Waals surface area (Å²) in [6, 6.07) is 14.0. The molecule has 1 aromatic heterocycles. The number of hydrogen-bond acceptors (Lipinski definition) is 3. The van der Waals surface area contributed by atoms with Crippen LogP contribution >= 0.6 is 0 Å². The summed E-state index contributed by atoms with van der Waals surface area (Å²) in [4.78, 5) is 31.7. The van der Waals surface area contributed by atoms with E-state index in [0.717, 1.165) is 22.3 Å². The summed E-state index contributed by atoms with van der Waals surface area (Å²) in [5.41, 5.74) is 2.69. The van der Waals surface area contributed by atoms with Gasteiger partial charge >= 0.3 is 0 Å². The lowest BCUT2D eigenvalue weighted by molar-refractivity contribution is -0.133. The Labute approximate surface area is 168 Å². The van der Waals surface area contributed by atoms with E-state index in [1.54, 1.807) is 17.0 Å². The number of H-pyrrole nitrogens is 1. The van der Waals surface area contributed by atoms with Gasteiger partial charge in [-0.05, 0) is 48.5 Å². The average molecular weight is 394 g/mol. The number of halogens is 1. The standard InChI is InChI=1S/C22H23FN4O2/c23-17-1-4-19(5-2-17)26-11-13-27(14-12-26)22(29)8-7-21(28)25-18-3-6-20-16(15-18)9-10-24-20/h1-6,9-10,15,24H,7-8,11-14H2,(H,25,28). The second-order valence-electron chi connectivity index (χ2n) is 7.17. The molecule has 2 amide bonds. The third-order valence-corrected chi connectivity index (χ3v) is 5.23. The van der Waals surface area contributed by atoms with Crippen molar-refractivity contribution >= 4 is 34.1 Å². The van der Waals surface area contributed by atoms with Crippen LogP contribution < -0.4 is 10.2 Å². The molecule has 3 aromatic rings. The molecule has 6 nitrogen and oxygen atoms in total. The number of piperazine rings is 1. The summed E-state index contributed by atoms with van der Waals surface area (Å²) in [6.07, 6.45) is 2.20. The fourth-order valence-corrected chi connectivity index (χ4v) is 3.60. The van der Waals surface area contributed by atoms with E-state index in [2.05, 4.69) is 15.2 Å². The lowest BCUT2D eigenvalue weighted by Gasteiger charge is -2.36. The highest BCUT2D eigenvalue weighted by molar-refractivity contribution is 5.95. The predicted octanol–water partition coefficient (Wildman–Crippen LogP) is 3.37. The molecular weight excluding hydrogens is 371 g/mol. The molecule has 1 aliphatic heterocycles. The maximum atomic E-state index is 13.1. The molecule has 0 saturated carbocycles. The summed E-state index contributed by atoms with van der Waals surface area (Å²) in [6.45, 7) is 2.59. The van der Waals surface area contributed by atoms with Crippen molar-refractivity contribution in [1.29, 1.82) is 0 Å². The highest BCUT2D eigenvalue weighted by Crippen LogP contribution is 2.19. The smallest absolute Gasteiger partial charge is 0.224 e. The van der Waals surface area contributed by atoms with Crippen molar-refractivity contribution in [3.05, 3.63) is 60.5 Å². The maximum Gasteiger partial charge on any atom is 0.224 e. The SMILES string of the molecule is O=C(CCC(=O)N1CCN(c2ccc(F)cc2)CC1)Nc1ccc2[nH]ccc2c1. The number of aromatic nitrogens is 1. The monoisotopic (exact) mass is 394 g/mol. The Morgan fingerprint density at radius 1 is 0.966 bits per heavy atom. The Morgan fingerprint density at radius 2 is 1.72 bits per heavy atom. The first-order valence-electron chi connectivity index (χ1n) is 9.74. The largest absolute Gasteiger partial charge is 0.368 e. The molecule has 0 unspecified atom stereocenters. The Hall–Kier alpha value is -3.35. The first kappa shape index (κ1) is 19.0. The second kappa shape index (κ2) is 8.34. The first-order chi connectivity index (χ1) is 14.1. The fourth-order valence-electron chi connectivity index (χ4n) is 3.60. The summed E-state index contributed by atoms with van der Waals surface area (Å²) >= 11 is 0. The van der Waals surface area contributed by atoms with Gasteiger partial charge in [0.05, 0.1) is 0 Å². The highest BCUT2D eigenvalue weighted by Gasteiger charge is 2.21. The minimum absolute atomic E-state index is 0.0139. The van der Waals surface area contributed by atoms with Gasteiger partial charge in [-0.3, -0.25) is 9.59 Å². The third kappa shape index (κ3) is 4.56. The predicted molar refractivity (Wildman–Crippen MR) is 111 cm³/mol. The number of nitrogens with one attached hydrogen (secondary N) is 2. The molecule has 7 heteroatoms. The third-order valence-electron chi connectivity index (χ3n) is 5.23. The van der Waals surface area contributed by atoms with Crippen molar-refractivity contribution in [2.45, 2.75) is 12.8 Å². The molecule has 0 bridgehead atoms. The number of benzene rings is 2. The van der Waals surface area contributed by atoms with Gasteiger partial charge in [-0.25, -0.2) is 4.39 Å². The van der Waals surface area contributed by atoms with Crippen molar-refractivity contribution in [3.63, 3.8) is 0 Å². The molecule has 0 spiro atoms. The van der Waals surface area contributed by atoms with E-state index >= 15 is 0 Å². The number of amides is 2. The normalized spacial score (nSPS) is 14.2. The summed E-state index contributed by atoms with van der Waals surface area (Å²) < 4.78 is 13.1. The van der Waals surface area contributed by atoms with Gasteiger partial charge in [0, 0.05) is 67.5 Å². The fraction of sp³-hybridized carbons (Fsp3) is 0.273. The van der Waals surface area contributed by atoms with Crippen molar-refractivity contribution in [2.24, 2.45) is 0 Å². The van der Waals surface area contributed by atoms with Crippen LogP contribution in [-0.4, -0.2) is 47.9 Å². The molecule has 1 saturated heterocycles. The quantitative estimate of drug-likeness (QED) is 0.697. The Balaban J connectivity index is 1.23. The Bertz CT molecular complexity index is 1010. The van der Waals surface area contributed by atoms with E-state index in [1.807, 2.05) is 30.5 Å². The van der Waals surface area contributed by atoms with Crippen LogP contribution in [0.25, 0.3) is 10.9 Å². The zero-order chi connectivity index (χ0) is 20.2. The van der Waals surface area contributed by atoms with Gasteiger partial charge in [-0.1, -0.05) is 0 Å². The molecule has 0 atom stereocenters. The summed E-state index contributed by atoms with van der Waals surface area (Å²) in [5, 5.41) is 3.88. The molecule has 0 aliphatic carbocycles. The highest BCUT2D eigenvalue weighted by atomic mass is 19.1. The van der Waals surface area contributed by atoms with Gasteiger partial charge in [-0.15, -0.1) is 0 Å². The molecule has 1 aliphatic rings.